The van der Waals surface area contributed by atoms with Crippen LogP contribution < -0.4 is 0 Å². The molecular weight excluding hydrogens is 492 g/mol. The third kappa shape index (κ3) is 4.31. The molecule has 6 heteroatoms. The first-order chi connectivity index (χ1) is 18.5. The van der Waals surface area contributed by atoms with Crippen LogP contribution >= 0.6 is 0 Å². The topological polar surface area (TPSA) is 94.6 Å². The zero-order valence-electron chi connectivity index (χ0n) is 22.6. The summed E-state index contributed by atoms with van der Waals surface area (Å²) in [6, 6.07) is 15.3. The van der Waals surface area contributed by atoms with E-state index in [4.69, 9.17) is 4.74 Å². The second kappa shape index (κ2) is 9.79. The minimum Gasteiger partial charge on any atom is -0.377 e. The number of rotatable bonds is 3. The maximum Gasteiger partial charge on any atom is 0.182 e. The number of hydrogen-bond donors (Lipinski definition) is 0. The monoisotopic (exact) mass is 520 g/mol. The summed E-state index contributed by atoms with van der Waals surface area (Å²) in [5, 5.41) is 4.04. The van der Waals surface area contributed by atoms with Gasteiger partial charge in [-0.05, 0) is 95.8 Å². The highest BCUT2D eigenvalue weighted by molar-refractivity contribution is 6.36. The summed E-state index contributed by atoms with van der Waals surface area (Å²) < 4.78 is 4.77. The average molecular weight is 521 g/mol. The van der Waals surface area contributed by atoms with Crippen LogP contribution in [0.1, 0.15) is 70.1 Å². The van der Waals surface area contributed by atoms with E-state index in [1.807, 2.05) is 64.1 Å². The van der Waals surface area contributed by atoms with Gasteiger partial charge < -0.3 is 4.74 Å². The Morgan fingerprint density at radius 1 is 0.641 bits per heavy atom. The van der Waals surface area contributed by atoms with Gasteiger partial charge in [0.2, 0.25) is 0 Å². The molecule has 0 aromatic heterocycles. The van der Waals surface area contributed by atoms with Crippen LogP contribution in [0.25, 0.3) is 21.5 Å². The number of hydrogen-bond acceptors (Lipinski definition) is 6. The molecule has 2 aliphatic rings. The van der Waals surface area contributed by atoms with Crippen molar-refractivity contribution < 1.29 is 28.7 Å². The lowest BCUT2D eigenvalue weighted by Gasteiger charge is -2.07. The Morgan fingerprint density at radius 3 is 1.31 bits per heavy atom. The van der Waals surface area contributed by atoms with Gasteiger partial charge in [0.05, 0.1) is 6.42 Å². The Kier molecular flexibility index (Phi) is 6.60. The van der Waals surface area contributed by atoms with Gasteiger partial charge >= 0.3 is 0 Å². The van der Waals surface area contributed by atoms with Crippen LogP contribution in [0.5, 0.6) is 0 Å². The second-order valence-corrected chi connectivity index (χ2v) is 10.4. The maximum absolute atomic E-state index is 12.5. The van der Waals surface area contributed by atoms with E-state index in [1.165, 1.54) is 7.11 Å². The summed E-state index contributed by atoms with van der Waals surface area (Å²) in [7, 11) is 1.37. The molecular formula is C33H28O6. The molecule has 4 aromatic rings. The largest absolute Gasteiger partial charge is 0.377 e. The number of methoxy groups -OCH3 is 1. The molecule has 0 spiro atoms. The van der Waals surface area contributed by atoms with Crippen molar-refractivity contribution in [3.05, 3.63) is 93.0 Å². The minimum absolute atomic E-state index is 0.0315. The van der Waals surface area contributed by atoms with E-state index >= 15 is 0 Å². The zero-order chi connectivity index (χ0) is 28.2. The Morgan fingerprint density at radius 2 is 0.974 bits per heavy atom. The van der Waals surface area contributed by atoms with Gasteiger partial charge in [0, 0.05) is 29.4 Å². The highest BCUT2D eigenvalue weighted by Crippen LogP contribution is 2.34. The summed E-state index contributed by atoms with van der Waals surface area (Å²) in [6.07, 6.45) is 0.0315. The number of Topliss-reactive ketones (excluding diaryl/α,β-unsaturated/α-hetero) is 5. The zero-order valence-corrected chi connectivity index (χ0v) is 22.6. The van der Waals surface area contributed by atoms with Crippen molar-refractivity contribution in [2.45, 2.75) is 34.1 Å². The lowest BCUT2D eigenvalue weighted by molar-refractivity contribution is -0.123. The Hall–Kier alpha value is -4.29. The molecule has 39 heavy (non-hydrogen) atoms. The van der Waals surface area contributed by atoms with E-state index in [-0.39, 0.29) is 24.6 Å². The molecule has 0 bridgehead atoms. The van der Waals surface area contributed by atoms with Crippen molar-refractivity contribution in [3.63, 3.8) is 0 Å². The molecule has 0 N–H and O–H groups in total. The van der Waals surface area contributed by atoms with Gasteiger partial charge in [0.25, 0.3) is 0 Å². The molecule has 0 amide bonds. The number of fused-ring (bicyclic) bond motifs is 4. The summed E-state index contributed by atoms with van der Waals surface area (Å²) in [5.74, 6) is -2.64. The molecule has 0 heterocycles. The van der Waals surface area contributed by atoms with Crippen LogP contribution in [0.3, 0.4) is 0 Å². The SMILES string of the molecule is COCC(=O)C1C(=O)c2cc3c(C)ccc(C)c3cc2C1=O.Cc1ccc(C)c2cc3c(cc12)C(=O)CC3=O. The number of ketones is 5. The molecule has 0 fully saturated rings. The molecule has 6 nitrogen and oxygen atoms in total. The van der Waals surface area contributed by atoms with Gasteiger partial charge in [-0.2, -0.15) is 0 Å². The van der Waals surface area contributed by atoms with E-state index in [0.29, 0.717) is 22.3 Å². The first-order valence-corrected chi connectivity index (χ1v) is 12.8. The Labute approximate surface area is 226 Å². The molecule has 0 atom stereocenters. The van der Waals surface area contributed by atoms with Crippen molar-refractivity contribution >= 4 is 50.5 Å². The van der Waals surface area contributed by atoms with Crippen LogP contribution in [-0.4, -0.2) is 42.6 Å². The molecule has 0 aliphatic heterocycles. The van der Waals surface area contributed by atoms with E-state index in [0.717, 1.165) is 43.8 Å². The number of ether oxygens (including phenoxy) is 1. The molecule has 0 saturated heterocycles. The van der Waals surface area contributed by atoms with Crippen molar-refractivity contribution in [2.75, 3.05) is 13.7 Å². The average Bonchev–Trinajstić information content (AvgIpc) is 3.33. The lowest BCUT2D eigenvalue weighted by Crippen LogP contribution is -2.28. The maximum atomic E-state index is 12.5. The fourth-order valence-corrected chi connectivity index (χ4v) is 5.52. The fraction of sp³-hybridized carbons (Fsp3) is 0.242. The van der Waals surface area contributed by atoms with Crippen molar-refractivity contribution in [1.82, 2.24) is 0 Å². The molecule has 0 saturated carbocycles. The molecule has 0 radical (unpaired) electrons. The first-order valence-electron chi connectivity index (χ1n) is 12.8. The molecule has 4 aromatic carbocycles. The van der Waals surface area contributed by atoms with Crippen LogP contribution in [-0.2, 0) is 9.53 Å². The van der Waals surface area contributed by atoms with Gasteiger partial charge in [0.1, 0.15) is 12.5 Å². The minimum atomic E-state index is -1.24. The predicted molar refractivity (Wildman–Crippen MR) is 149 cm³/mol. The number of carbonyl (C=O) groups excluding carboxylic acids is 5. The van der Waals surface area contributed by atoms with Gasteiger partial charge in [-0.25, -0.2) is 0 Å². The number of benzene rings is 4. The quantitative estimate of drug-likeness (QED) is 0.313. The van der Waals surface area contributed by atoms with Crippen molar-refractivity contribution in [3.8, 4) is 0 Å². The Bertz CT molecular complexity index is 1660. The van der Waals surface area contributed by atoms with Crippen molar-refractivity contribution in [1.29, 1.82) is 0 Å². The standard InChI is InChI=1S/C18H16O4.C15H12O2/c1-9-4-5-10(2)12-7-14-13(6-11(9)12)17(20)16(18(14)21)15(19)8-22-3;1-8-3-4-9(2)11-6-13-12(5-10(8)11)14(16)7-15(13)17/h4-7,16H,8H2,1-3H3;3-6H,7H2,1-2H3. The third-order valence-electron chi connectivity index (χ3n) is 7.77. The van der Waals surface area contributed by atoms with E-state index in [2.05, 4.69) is 0 Å². The predicted octanol–water partition coefficient (Wildman–Crippen LogP) is 5.89. The van der Waals surface area contributed by atoms with Crippen LogP contribution in [0.4, 0.5) is 0 Å². The normalized spacial score (nSPS) is 14.6. The number of carbonyl (C=O) groups is 5. The summed E-state index contributed by atoms with van der Waals surface area (Å²) >= 11 is 0. The smallest absolute Gasteiger partial charge is 0.182 e. The van der Waals surface area contributed by atoms with Gasteiger partial charge in [0.15, 0.2) is 28.9 Å². The molecule has 196 valence electrons. The van der Waals surface area contributed by atoms with Gasteiger partial charge in [-0.15, -0.1) is 0 Å². The number of aryl methyl sites for hydroxylation is 4. The Balaban J connectivity index is 0.000000163. The highest BCUT2D eigenvalue weighted by atomic mass is 16.5. The van der Waals surface area contributed by atoms with E-state index in [1.54, 1.807) is 12.1 Å². The second-order valence-electron chi connectivity index (χ2n) is 10.4. The lowest BCUT2D eigenvalue weighted by atomic mass is 9.96. The van der Waals surface area contributed by atoms with Gasteiger partial charge in [-0.3, -0.25) is 24.0 Å². The summed E-state index contributed by atoms with van der Waals surface area (Å²) in [5.41, 5.74) is 6.24. The molecule has 6 rings (SSSR count). The molecule has 0 unspecified atom stereocenters. The van der Waals surface area contributed by atoms with Gasteiger partial charge in [-0.1, -0.05) is 24.3 Å². The third-order valence-corrected chi connectivity index (χ3v) is 7.77. The highest BCUT2D eigenvalue weighted by Gasteiger charge is 2.43. The molecule has 2 aliphatic carbocycles. The summed E-state index contributed by atoms with van der Waals surface area (Å²) in [6.45, 7) is 7.74. The van der Waals surface area contributed by atoms with Crippen LogP contribution in [0.2, 0.25) is 0 Å². The first kappa shape index (κ1) is 26.3. The van der Waals surface area contributed by atoms with Crippen LogP contribution in [0, 0.1) is 33.6 Å². The van der Waals surface area contributed by atoms with E-state index in [9.17, 15) is 24.0 Å². The van der Waals surface area contributed by atoms with Crippen molar-refractivity contribution in [2.24, 2.45) is 5.92 Å². The van der Waals surface area contributed by atoms with Crippen LogP contribution in [0.15, 0.2) is 48.5 Å². The summed E-state index contributed by atoms with van der Waals surface area (Å²) in [4.78, 5) is 60.3. The van der Waals surface area contributed by atoms with E-state index < -0.39 is 23.3 Å². The fourth-order valence-electron chi connectivity index (χ4n) is 5.52.